The molecule has 1 heterocycles. The van der Waals surface area contributed by atoms with Gasteiger partial charge in [-0.3, -0.25) is 9.59 Å². The van der Waals surface area contributed by atoms with Crippen molar-refractivity contribution >= 4 is 28.8 Å². The Bertz CT molecular complexity index is 655. The summed E-state index contributed by atoms with van der Waals surface area (Å²) in [6.45, 7) is 3.86. The topological polar surface area (TPSA) is 84.0 Å². The lowest BCUT2D eigenvalue weighted by Crippen LogP contribution is -2.29. The van der Waals surface area contributed by atoms with Gasteiger partial charge in [0, 0.05) is 24.6 Å². The van der Waals surface area contributed by atoms with Gasteiger partial charge in [0.25, 0.3) is 5.91 Å². The molecule has 0 unspecified atom stereocenters. The summed E-state index contributed by atoms with van der Waals surface area (Å²) < 4.78 is 0. The van der Waals surface area contributed by atoms with Gasteiger partial charge in [-0.25, -0.2) is 0 Å². The Hall–Kier alpha value is -2.28. The first-order valence-corrected chi connectivity index (χ1v) is 8.34. The number of rotatable bonds is 7. The maximum Gasteiger partial charge on any atom is 0.286 e. The third-order valence-corrected chi connectivity index (χ3v) is 3.92. The van der Waals surface area contributed by atoms with Crippen LogP contribution < -0.4 is 10.6 Å². The number of para-hydroxylation sites is 1. The average molecular weight is 332 g/mol. The summed E-state index contributed by atoms with van der Waals surface area (Å²) in [6, 6.07) is 9.36. The van der Waals surface area contributed by atoms with Crippen molar-refractivity contribution in [3.8, 4) is 0 Å². The summed E-state index contributed by atoms with van der Waals surface area (Å²) in [7, 11) is 0. The number of aromatic nitrogens is 2. The maximum atomic E-state index is 12.1. The quantitative estimate of drug-likeness (QED) is 0.816. The monoisotopic (exact) mass is 332 g/mol. The molecule has 1 aromatic carbocycles. The van der Waals surface area contributed by atoms with Gasteiger partial charge < -0.3 is 10.6 Å². The summed E-state index contributed by atoms with van der Waals surface area (Å²) in [4.78, 5) is 23.6. The minimum absolute atomic E-state index is 0.0339. The first-order valence-electron chi connectivity index (χ1n) is 7.52. The Kier molecular flexibility index (Phi) is 6.22. The van der Waals surface area contributed by atoms with Gasteiger partial charge >= 0.3 is 0 Å². The van der Waals surface area contributed by atoms with Gasteiger partial charge in [0.15, 0.2) is 0 Å². The lowest BCUT2D eigenvalue weighted by molar-refractivity contribution is -0.121. The van der Waals surface area contributed by atoms with Gasteiger partial charge in [0.2, 0.25) is 10.9 Å². The Morgan fingerprint density at radius 1 is 1.17 bits per heavy atom. The van der Waals surface area contributed by atoms with Gasteiger partial charge in [0.1, 0.15) is 5.01 Å². The van der Waals surface area contributed by atoms with Crippen LogP contribution in [0.4, 0.5) is 5.69 Å². The zero-order chi connectivity index (χ0) is 16.7. The summed E-state index contributed by atoms with van der Waals surface area (Å²) in [6.07, 6.45) is 1.78. The van der Waals surface area contributed by atoms with Crippen LogP contribution in [0.25, 0.3) is 0 Å². The van der Waals surface area contributed by atoms with E-state index in [1.807, 2.05) is 44.2 Å². The molecule has 2 N–H and O–H groups in total. The largest absolute Gasteiger partial charge is 0.354 e. The number of nitrogens with zero attached hydrogens (tertiary/aromatic N) is 2. The second-order valence-corrected chi connectivity index (χ2v) is 6.46. The van der Waals surface area contributed by atoms with Crippen LogP contribution in [-0.4, -0.2) is 28.1 Å². The number of nitrogens with one attached hydrogen (secondary N) is 2. The summed E-state index contributed by atoms with van der Waals surface area (Å²) >= 11 is 1.26. The molecule has 0 fully saturated rings. The fraction of sp³-hybridized carbons (Fsp3) is 0.375. The van der Waals surface area contributed by atoms with E-state index in [1.54, 1.807) is 0 Å². The molecule has 2 rings (SSSR count). The predicted molar refractivity (Wildman–Crippen MR) is 90.5 cm³/mol. The van der Waals surface area contributed by atoms with Crippen molar-refractivity contribution in [1.82, 2.24) is 15.5 Å². The van der Waals surface area contributed by atoms with Crippen molar-refractivity contribution in [1.29, 1.82) is 0 Å². The zero-order valence-electron chi connectivity index (χ0n) is 13.2. The molecule has 0 aliphatic rings. The zero-order valence-corrected chi connectivity index (χ0v) is 14.0. The summed E-state index contributed by atoms with van der Waals surface area (Å²) in [5, 5.41) is 14.6. The van der Waals surface area contributed by atoms with E-state index in [9.17, 15) is 9.59 Å². The lowest BCUT2D eigenvalue weighted by atomic mass is 10.2. The van der Waals surface area contributed by atoms with Gasteiger partial charge in [-0.05, 0) is 32.4 Å². The molecule has 0 radical (unpaired) electrons. The van der Waals surface area contributed by atoms with Crippen molar-refractivity contribution in [3.63, 3.8) is 0 Å². The van der Waals surface area contributed by atoms with E-state index in [2.05, 4.69) is 20.8 Å². The fourth-order valence-electron chi connectivity index (χ4n) is 1.95. The van der Waals surface area contributed by atoms with Crippen LogP contribution in [0.15, 0.2) is 30.3 Å². The predicted octanol–water partition coefficient (Wildman–Crippen LogP) is 2.64. The standard InChI is InChI=1S/C16H20N4O2S/c1-11(2)17-13(21)9-6-10-14-19-20-16(23-14)15(22)18-12-7-4-3-5-8-12/h3-5,7-8,11H,6,9-10H2,1-2H3,(H,17,21)(H,18,22). The van der Waals surface area contributed by atoms with Crippen LogP contribution in [0.2, 0.25) is 0 Å². The fourth-order valence-corrected chi connectivity index (χ4v) is 2.72. The molecule has 0 aliphatic carbocycles. The van der Waals surface area contributed by atoms with E-state index in [0.717, 1.165) is 10.7 Å². The second-order valence-electron chi connectivity index (χ2n) is 5.40. The lowest BCUT2D eigenvalue weighted by Gasteiger charge is -2.06. The molecule has 1 aromatic heterocycles. The smallest absolute Gasteiger partial charge is 0.286 e. The van der Waals surface area contributed by atoms with Crippen LogP contribution in [0.3, 0.4) is 0 Å². The summed E-state index contributed by atoms with van der Waals surface area (Å²) in [5.74, 6) is -0.232. The highest BCUT2D eigenvalue weighted by Gasteiger charge is 2.13. The maximum absolute atomic E-state index is 12.1. The second kappa shape index (κ2) is 8.38. The molecule has 7 heteroatoms. The highest BCUT2D eigenvalue weighted by molar-refractivity contribution is 7.13. The number of anilines is 1. The highest BCUT2D eigenvalue weighted by Crippen LogP contribution is 2.15. The number of carbonyl (C=O) groups is 2. The molecule has 0 bridgehead atoms. The number of hydrogen-bond donors (Lipinski definition) is 2. The molecular formula is C16H20N4O2S. The van der Waals surface area contributed by atoms with Crippen molar-refractivity contribution in [2.75, 3.05) is 5.32 Å². The van der Waals surface area contributed by atoms with E-state index in [1.165, 1.54) is 11.3 Å². The number of carbonyl (C=O) groups excluding carboxylic acids is 2. The average Bonchev–Trinajstić information content (AvgIpc) is 2.96. The van der Waals surface area contributed by atoms with Crippen molar-refractivity contribution < 1.29 is 9.59 Å². The van der Waals surface area contributed by atoms with E-state index < -0.39 is 0 Å². The Balaban J connectivity index is 1.81. The molecule has 0 atom stereocenters. The molecule has 0 spiro atoms. The minimum Gasteiger partial charge on any atom is -0.354 e. The number of aryl methyl sites for hydroxylation is 1. The van der Waals surface area contributed by atoms with E-state index >= 15 is 0 Å². The Morgan fingerprint density at radius 3 is 2.61 bits per heavy atom. The molecule has 0 aliphatic heterocycles. The first kappa shape index (κ1) is 17.1. The Morgan fingerprint density at radius 2 is 1.91 bits per heavy atom. The number of hydrogen-bond acceptors (Lipinski definition) is 5. The molecule has 23 heavy (non-hydrogen) atoms. The molecular weight excluding hydrogens is 312 g/mol. The molecule has 2 aromatic rings. The van der Waals surface area contributed by atoms with E-state index in [4.69, 9.17) is 0 Å². The normalized spacial score (nSPS) is 10.6. The van der Waals surface area contributed by atoms with Crippen LogP contribution >= 0.6 is 11.3 Å². The van der Waals surface area contributed by atoms with Crippen LogP contribution in [0.5, 0.6) is 0 Å². The first-order chi connectivity index (χ1) is 11.0. The summed E-state index contributed by atoms with van der Waals surface area (Å²) in [5.41, 5.74) is 0.722. The highest BCUT2D eigenvalue weighted by atomic mass is 32.1. The van der Waals surface area contributed by atoms with Crippen LogP contribution in [0, 0.1) is 0 Å². The van der Waals surface area contributed by atoms with Crippen LogP contribution in [-0.2, 0) is 11.2 Å². The van der Waals surface area contributed by atoms with Gasteiger partial charge in [-0.1, -0.05) is 29.5 Å². The van der Waals surface area contributed by atoms with Crippen LogP contribution in [0.1, 0.15) is 41.5 Å². The Labute approximate surface area is 139 Å². The van der Waals surface area contributed by atoms with Gasteiger partial charge in [-0.15, -0.1) is 10.2 Å². The van der Waals surface area contributed by atoms with Crippen molar-refractivity contribution in [3.05, 3.63) is 40.3 Å². The third-order valence-electron chi connectivity index (χ3n) is 2.94. The van der Waals surface area contributed by atoms with Crippen molar-refractivity contribution in [2.24, 2.45) is 0 Å². The van der Waals surface area contributed by atoms with Gasteiger partial charge in [-0.2, -0.15) is 0 Å². The third kappa shape index (κ3) is 5.78. The van der Waals surface area contributed by atoms with E-state index in [-0.39, 0.29) is 17.9 Å². The SMILES string of the molecule is CC(C)NC(=O)CCCc1nnc(C(=O)Nc2ccccc2)s1. The van der Waals surface area contributed by atoms with E-state index in [0.29, 0.717) is 24.3 Å². The molecule has 0 saturated carbocycles. The molecule has 6 nitrogen and oxygen atoms in total. The molecule has 0 saturated heterocycles. The number of benzene rings is 1. The van der Waals surface area contributed by atoms with Gasteiger partial charge in [0.05, 0.1) is 0 Å². The number of amides is 2. The molecule has 122 valence electrons. The van der Waals surface area contributed by atoms with Crippen molar-refractivity contribution in [2.45, 2.75) is 39.2 Å². The molecule has 2 amide bonds. The minimum atomic E-state index is -0.266.